The average Bonchev–Trinajstić information content (AvgIpc) is 3.33. The van der Waals surface area contributed by atoms with Crippen molar-refractivity contribution in [1.29, 1.82) is 0 Å². The van der Waals surface area contributed by atoms with E-state index >= 15 is 0 Å². The van der Waals surface area contributed by atoms with Gasteiger partial charge in [-0.05, 0) is 58.7 Å². The summed E-state index contributed by atoms with van der Waals surface area (Å²) in [5.74, 6) is 0.772. The molecule has 8 heteroatoms. The molecule has 0 aliphatic carbocycles. The number of ether oxygens (including phenoxy) is 1. The number of hydrogen-bond donors (Lipinski definition) is 3. The van der Waals surface area contributed by atoms with Crippen LogP contribution >= 0.6 is 15.9 Å². The molecule has 2 aromatic heterocycles. The summed E-state index contributed by atoms with van der Waals surface area (Å²) in [6.45, 7) is -0.187. The Labute approximate surface area is 216 Å². The van der Waals surface area contributed by atoms with Gasteiger partial charge in [0.25, 0.3) is 0 Å². The highest BCUT2D eigenvalue weighted by atomic mass is 79.9. The van der Waals surface area contributed by atoms with Crippen LogP contribution < -0.4 is 4.74 Å². The Hall–Kier alpha value is -3.72. The van der Waals surface area contributed by atoms with Crippen molar-refractivity contribution < 1.29 is 20.1 Å². The van der Waals surface area contributed by atoms with Gasteiger partial charge in [0.2, 0.25) is 0 Å². The van der Waals surface area contributed by atoms with Crippen molar-refractivity contribution in [1.82, 2.24) is 14.5 Å². The predicted molar refractivity (Wildman–Crippen MR) is 141 cm³/mol. The van der Waals surface area contributed by atoms with Crippen molar-refractivity contribution in [3.8, 4) is 22.6 Å². The van der Waals surface area contributed by atoms with E-state index in [9.17, 15) is 15.3 Å². The number of aromatic hydroxyl groups is 1. The van der Waals surface area contributed by atoms with Crippen LogP contribution in [0.25, 0.3) is 22.0 Å². The van der Waals surface area contributed by atoms with E-state index in [0.717, 1.165) is 21.0 Å². The van der Waals surface area contributed by atoms with E-state index in [4.69, 9.17) is 9.72 Å². The number of phenolic OH excluding ortho intramolecular Hbond substituents is 1. The Kier molecular flexibility index (Phi) is 6.26. The van der Waals surface area contributed by atoms with Gasteiger partial charge in [0, 0.05) is 34.7 Å². The maximum Gasteiger partial charge on any atom is 0.158 e. The smallest absolute Gasteiger partial charge is 0.158 e. The Morgan fingerprint density at radius 1 is 1.03 bits per heavy atom. The van der Waals surface area contributed by atoms with Crippen molar-refractivity contribution in [2.24, 2.45) is 7.05 Å². The Morgan fingerprint density at radius 3 is 2.56 bits per heavy atom. The molecule has 0 aliphatic rings. The normalized spacial score (nSPS) is 13.0. The summed E-state index contributed by atoms with van der Waals surface area (Å²) < 4.78 is 8.01. The van der Waals surface area contributed by atoms with Gasteiger partial charge in [0.15, 0.2) is 5.60 Å². The van der Waals surface area contributed by atoms with E-state index in [1.54, 1.807) is 60.7 Å². The molecule has 3 aromatic carbocycles. The van der Waals surface area contributed by atoms with Gasteiger partial charge in [0.05, 0.1) is 37.5 Å². The van der Waals surface area contributed by atoms with Crippen molar-refractivity contribution in [2.45, 2.75) is 12.2 Å². The summed E-state index contributed by atoms with van der Waals surface area (Å²) in [6, 6.07) is 18.0. The summed E-state index contributed by atoms with van der Waals surface area (Å²) in [6.07, 6.45) is 4.89. The second-order valence-electron chi connectivity index (χ2n) is 8.58. The number of benzene rings is 3. The molecule has 0 fully saturated rings. The maximum atomic E-state index is 12.4. The molecule has 1 atom stereocenters. The van der Waals surface area contributed by atoms with Gasteiger partial charge in [-0.15, -0.1) is 0 Å². The first kappa shape index (κ1) is 24.0. The zero-order chi connectivity index (χ0) is 25.4. The molecule has 0 amide bonds. The minimum absolute atomic E-state index is 0.144. The van der Waals surface area contributed by atoms with Crippen molar-refractivity contribution in [3.05, 3.63) is 106 Å². The standard InChI is InChI=1S/C28H24BrN3O4/c1-32-16-30-14-27(32)28(35,19-6-7-25(29)18(8-19)15-33)20-10-24-23(17-4-3-5-21(34)9-17)11-22(36-2)12-26(24)31-13-20/h3-14,16,33-35H,15H2,1-2H3. The number of aliphatic hydroxyl groups is 2. The third-order valence-corrected chi connectivity index (χ3v) is 7.18. The first-order chi connectivity index (χ1) is 17.3. The van der Waals surface area contributed by atoms with Crippen LogP contribution in [0.4, 0.5) is 0 Å². The lowest BCUT2D eigenvalue weighted by atomic mass is 9.83. The molecule has 0 aliphatic heterocycles. The van der Waals surface area contributed by atoms with E-state index in [-0.39, 0.29) is 12.4 Å². The first-order valence-corrected chi connectivity index (χ1v) is 12.0. The number of phenols is 1. The first-order valence-electron chi connectivity index (χ1n) is 11.2. The zero-order valence-corrected chi connectivity index (χ0v) is 21.3. The number of fused-ring (bicyclic) bond motifs is 1. The van der Waals surface area contributed by atoms with Crippen LogP contribution in [0.1, 0.15) is 22.4 Å². The SMILES string of the molecule is COc1cc(-c2cccc(O)c2)c2cc(C(O)(c3ccc(Br)c(CO)c3)c3cncn3C)cnc2c1. The number of methoxy groups -OCH3 is 1. The highest BCUT2D eigenvalue weighted by Crippen LogP contribution is 2.41. The van der Waals surface area contributed by atoms with Gasteiger partial charge >= 0.3 is 0 Å². The molecule has 5 aromatic rings. The molecule has 182 valence electrons. The third-order valence-electron chi connectivity index (χ3n) is 6.41. The molecular weight excluding hydrogens is 522 g/mol. The largest absolute Gasteiger partial charge is 0.508 e. The van der Waals surface area contributed by atoms with Crippen LogP contribution in [0.3, 0.4) is 0 Å². The summed E-state index contributed by atoms with van der Waals surface area (Å²) in [5.41, 5.74) is 2.92. The number of aliphatic hydroxyl groups excluding tert-OH is 1. The molecule has 0 saturated carbocycles. The van der Waals surface area contributed by atoms with Gasteiger partial charge in [-0.3, -0.25) is 4.98 Å². The van der Waals surface area contributed by atoms with Crippen LogP contribution in [0.5, 0.6) is 11.5 Å². The summed E-state index contributed by atoms with van der Waals surface area (Å²) in [5, 5.41) is 33.2. The molecule has 36 heavy (non-hydrogen) atoms. The van der Waals surface area contributed by atoms with Crippen LogP contribution in [-0.4, -0.2) is 37.0 Å². The minimum Gasteiger partial charge on any atom is -0.508 e. The van der Waals surface area contributed by atoms with E-state index in [1.165, 1.54) is 0 Å². The number of nitrogens with zero attached hydrogens (tertiary/aromatic N) is 3. The lowest BCUT2D eigenvalue weighted by Crippen LogP contribution is -2.31. The second kappa shape index (κ2) is 9.39. The minimum atomic E-state index is -1.62. The Balaban J connectivity index is 1.81. The molecule has 7 nitrogen and oxygen atoms in total. The van der Waals surface area contributed by atoms with Gasteiger partial charge in [-0.25, -0.2) is 4.98 Å². The van der Waals surface area contributed by atoms with Gasteiger partial charge < -0.3 is 24.6 Å². The highest BCUT2D eigenvalue weighted by molar-refractivity contribution is 9.10. The number of imidazole rings is 1. The third kappa shape index (κ3) is 4.03. The highest BCUT2D eigenvalue weighted by Gasteiger charge is 2.37. The fraction of sp³-hybridized carbons (Fsp3) is 0.143. The number of aromatic nitrogens is 3. The summed E-state index contributed by atoms with van der Waals surface area (Å²) >= 11 is 3.46. The number of pyridine rings is 1. The lowest BCUT2D eigenvalue weighted by molar-refractivity contribution is 0.117. The molecule has 1 unspecified atom stereocenters. The van der Waals surface area contributed by atoms with Crippen LogP contribution in [0.2, 0.25) is 0 Å². The van der Waals surface area contributed by atoms with Crippen LogP contribution in [-0.2, 0) is 19.3 Å². The number of halogens is 1. The molecule has 0 spiro atoms. The fourth-order valence-corrected chi connectivity index (χ4v) is 4.89. The molecule has 5 rings (SSSR count). The van der Waals surface area contributed by atoms with E-state index in [2.05, 4.69) is 20.9 Å². The summed E-state index contributed by atoms with van der Waals surface area (Å²) in [4.78, 5) is 8.94. The molecule has 2 heterocycles. The van der Waals surface area contributed by atoms with Crippen molar-refractivity contribution >= 4 is 26.8 Å². The Bertz CT molecular complexity index is 1580. The Morgan fingerprint density at radius 2 is 1.86 bits per heavy atom. The van der Waals surface area contributed by atoms with E-state index < -0.39 is 5.60 Å². The molecule has 3 N–H and O–H groups in total. The van der Waals surface area contributed by atoms with Gasteiger partial charge in [0.1, 0.15) is 11.5 Å². The van der Waals surface area contributed by atoms with Crippen LogP contribution in [0, 0.1) is 0 Å². The second-order valence-corrected chi connectivity index (χ2v) is 9.43. The van der Waals surface area contributed by atoms with Gasteiger partial charge in [-0.2, -0.15) is 0 Å². The van der Waals surface area contributed by atoms with Crippen LogP contribution in [0.15, 0.2) is 83.9 Å². The topological polar surface area (TPSA) is 101 Å². The molecule has 0 bridgehead atoms. The lowest BCUT2D eigenvalue weighted by Gasteiger charge is -2.30. The van der Waals surface area contributed by atoms with Crippen molar-refractivity contribution in [3.63, 3.8) is 0 Å². The number of rotatable bonds is 6. The van der Waals surface area contributed by atoms with E-state index in [0.29, 0.717) is 33.7 Å². The number of aryl methyl sites for hydroxylation is 1. The quantitative estimate of drug-likeness (QED) is 0.281. The van der Waals surface area contributed by atoms with Gasteiger partial charge in [-0.1, -0.05) is 34.1 Å². The average molecular weight is 546 g/mol. The summed E-state index contributed by atoms with van der Waals surface area (Å²) in [7, 11) is 3.41. The fourth-order valence-electron chi connectivity index (χ4n) is 4.52. The monoisotopic (exact) mass is 545 g/mol. The molecular formula is C28H24BrN3O4. The molecule has 0 saturated heterocycles. The zero-order valence-electron chi connectivity index (χ0n) is 19.7. The van der Waals surface area contributed by atoms with E-state index in [1.807, 2.05) is 37.4 Å². The predicted octanol–water partition coefficient (Wildman–Crippen LogP) is 4.89. The van der Waals surface area contributed by atoms with Crippen molar-refractivity contribution in [2.75, 3.05) is 7.11 Å². The molecule has 0 radical (unpaired) electrons. The number of hydrogen-bond acceptors (Lipinski definition) is 6. The maximum absolute atomic E-state index is 12.4.